The van der Waals surface area contributed by atoms with Gasteiger partial charge in [0.1, 0.15) is 5.82 Å². The lowest BCUT2D eigenvalue weighted by molar-refractivity contribution is 0.496. The van der Waals surface area contributed by atoms with Crippen LogP contribution in [-0.4, -0.2) is 7.05 Å². The second-order valence-electron chi connectivity index (χ2n) is 3.54. The first-order valence-corrected chi connectivity index (χ1v) is 5.81. The van der Waals surface area contributed by atoms with Crippen LogP contribution in [0.5, 0.6) is 0 Å². The van der Waals surface area contributed by atoms with Crippen LogP contribution in [0.4, 0.5) is 13.2 Å². The molecule has 0 aliphatic carbocycles. The summed E-state index contributed by atoms with van der Waals surface area (Å²) in [7, 11) is 1.80. The maximum Gasteiger partial charge on any atom is 0.161 e. The van der Waals surface area contributed by atoms with Crippen molar-refractivity contribution < 1.29 is 13.2 Å². The van der Waals surface area contributed by atoms with Crippen molar-refractivity contribution in [1.82, 2.24) is 5.32 Å². The molecule has 0 saturated heterocycles. The van der Waals surface area contributed by atoms with Gasteiger partial charge in [-0.1, -0.05) is 0 Å². The number of rotatable bonds is 3. The molecule has 0 saturated carbocycles. The van der Waals surface area contributed by atoms with Crippen LogP contribution in [0, 0.1) is 17.5 Å². The van der Waals surface area contributed by atoms with Gasteiger partial charge >= 0.3 is 0 Å². The number of hydrogen-bond acceptors (Lipinski definition) is 2. The first-order valence-electron chi connectivity index (χ1n) is 5.00. The molecule has 0 spiro atoms. The van der Waals surface area contributed by atoms with Crippen LogP contribution in [-0.2, 0) is 6.54 Å². The Morgan fingerprint density at radius 2 is 1.76 bits per heavy atom. The van der Waals surface area contributed by atoms with E-state index in [1.54, 1.807) is 13.1 Å². The van der Waals surface area contributed by atoms with Crippen molar-refractivity contribution in [3.05, 3.63) is 46.6 Å². The van der Waals surface area contributed by atoms with E-state index in [4.69, 9.17) is 0 Å². The predicted octanol–water partition coefficient (Wildman–Crippen LogP) is 3.55. The van der Waals surface area contributed by atoms with Gasteiger partial charge in [-0.05, 0) is 25.2 Å². The molecule has 1 N–H and O–H groups in total. The minimum atomic E-state index is -1.17. The second kappa shape index (κ2) is 4.89. The first kappa shape index (κ1) is 12.1. The minimum absolute atomic E-state index is 0.0938. The molecule has 0 aliphatic heterocycles. The largest absolute Gasteiger partial charge is 0.315 e. The van der Waals surface area contributed by atoms with Crippen LogP contribution in [0.15, 0.2) is 24.3 Å². The summed E-state index contributed by atoms with van der Waals surface area (Å²) in [5.74, 6) is -2.95. The third kappa shape index (κ3) is 2.50. The van der Waals surface area contributed by atoms with E-state index in [2.05, 4.69) is 5.32 Å². The van der Waals surface area contributed by atoms with Crippen LogP contribution in [0.1, 0.15) is 4.88 Å². The summed E-state index contributed by atoms with van der Waals surface area (Å²) < 4.78 is 39.3. The highest BCUT2D eigenvalue weighted by Crippen LogP contribution is 2.31. The van der Waals surface area contributed by atoms with Crippen molar-refractivity contribution in [2.75, 3.05) is 7.05 Å². The standard InChI is InChI=1S/C12H10F3NS/c1-16-6-7-2-3-12(17-7)8-4-10(14)11(15)5-9(8)13/h2-5,16H,6H2,1H3. The van der Waals surface area contributed by atoms with Gasteiger partial charge in [-0.25, -0.2) is 13.2 Å². The third-order valence-corrected chi connectivity index (χ3v) is 3.41. The van der Waals surface area contributed by atoms with Gasteiger partial charge in [0.2, 0.25) is 0 Å². The normalized spacial score (nSPS) is 10.8. The maximum atomic E-state index is 13.5. The average Bonchev–Trinajstić information content (AvgIpc) is 2.72. The molecule has 0 aliphatic rings. The van der Waals surface area contributed by atoms with Gasteiger partial charge in [0.05, 0.1) is 0 Å². The van der Waals surface area contributed by atoms with E-state index in [9.17, 15) is 13.2 Å². The molecule has 1 aromatic carbocycles. The summed E-state index contributed by atoms with van der Waals surface area (Å²) in [6, 6.07) is 4.99. The fourth-order valence-electron chi connectivity index (χ4n) is 1.50. The molecule has 0 atom stereocenters. The van der Waals surface area contributed by atoms with E-state index in [0.717, 1.165) is 10.9 Å². The molecule has 1 aromatic heterocycles. The van der Waals surface area contributed by atoms with Crippen LogP contribution in [0.25, 0.3) is 10.4 Å². The Morgan fingerprint density at radius 3 is 2.47 bits per heavy atom. The minimum Gasteiger partial charge on any atom is -0.315 e. The Kier molecular flexibility index (Phi) is 3.49. The number of thiophene rings is 1. The van der Waals surface area contributed by atoms with Gasteiger partial charge in [0.25, 0.3) is 0 Å². The number of halogens is 3. The molecular formula is C12H10F3NS. The fraction of sp³-hybridized carbons (Fsp3) is 0.167. The molecule has 0 fully saturated rings. The highest BCUT2D eigenvalue weighted by atomic mass is 32.1. The van der Waals surface area contributed by atoms with Crippen LogP contribution in [0.3, 0.4) is 0 Å². The smallest absolute Gasteiger partial charge is 0.161 e. The van der Waals surface area contributed by atoms with Crippen LogP contribution >= 0.6 is 11.3 Å². The number of nitrogens with one attached hydrogen (secondary N) is 1. The Hall–Kier alpha value is -1.33. The van der Waals surface area contributed by atoms with E-state index in [1.165, 1.54) is 11.3 Å². The van der Waals surface area contributed by atoms with Gasteiger partial charge in [-0.15, -0.1) is 11.3 Å². The summed E-state index contributed by atoms with van der Waals surface area (Å²) in [5.41, 5.74) is 0.0938. The Morgan fingerprint density at radius 1 is 1.06 bits per heavy atom. The average molecular weight is 257 g/mol. The van der Waals surface area contributed by atoms with Gasteiger partial charge in [0, 0.05) is 27.9 Å². The molecule has 2 aromatic rings. The highest BCUT2D eigenvalue weighted by Gasteiger charge is 2.13. The van der Waals surface area contributed by atoms with Crippen LogP contribution < -0.4 is 5.32 Å². The monoisotopic (exact) mass is 257 g/mol. The molecule has 2 rings (SSSR count). The number of benzene rings is 1. The molecular weight excluding hydrogens is 247 g/mol. The lowest BCUT2D eigenvalue weighted by Crippen LogP contribution is -2.02. The molecule has 17 heavy (non-hydrogen) atoms. The SMILES string of the molecule is CNCc1ccc(-c2cc(F)c(F)cc2F)s1. The highest BCUT2D eigenvalue weighted by molar-refractivity contribution is 7.15. The zero-order valence-electron chi connectivity index (χ0n) is 9.06. The Balaban J connectivity index is 2.41. The first-order chi connectivity index (χ1) is 8.11. The molecule has 0 amide bonds. The van der Waals surface area contributed by atoms with E-state index in [1.807, 2.05) is 6.07 Å². The quantitative estimate of drug-likeness (QED) is 0.829. The van der Waals surface area contributed by atoms with Gasteiger partial charge in [-0.2, -0.15) is 0 Å². The summed E-state index contributed by atoms with van der Waals surface area (Å²) in [5, 5.41) is 2.97. The molecule has 0 unspecified atom stereocenters. The molecule has 0 radical (unpaired) electrons. The Labute approximate surface area is 101 Å². The Bertz CT molecular complexity index is 537. The fourth-order valence-corrected chi connectivity index (χ4v) is 2.54. The number of hydrogen-bond donors (Lipinski definition) is 1. The van der Waals surface area contributed by atoms with Crippen molar-refractivity contribution in [3.63, 3.8) is 0 Å². The molecule has 0 bridgehead atoms. The van der Waals surface area contributed by atoms with Gasteiger partial charge < -0.3 is 5.32 Å². The van der Waals surface area contributed by atoms with Gasteiger partial charge in [-0.3, -0.25) is 0 Å². The lowest BCUT2D eigenvalue weighted by atomic mass is 10.1. The lowest BCUT2D eigenvalue weighted by Gasteiger charge is -2.01. The maximum absolute atomic E-state index is 13.5. The van der Waals surface area contributed by atoms with Crippen LogP contribution in [0.2, 0.25) is 0 Å². The molecule has 1 heterocycles. The second-order valence-corrected chi connectivity index (χ2v) is 4.71. The van der Waals surface area contributed by atoms with Crippen molar-refractivity contribution in [2.24, 2.45) is 0 Å². The summed E-state index contributed by atoms with van der Waals surface area (Å²) in [6.45, 7) is 0.663. The zero-order valence-corrected chi connectivity index (χ0v) is 9.88. The topological polar surface area (TPSA) is 12.0 Å². The van der Waals surface area contributed by atoms with Crippen molar-refractivity contribution in [3.8, 4) is 10.4 Å². The van der Waals surface area contributed by atoms with Crippen molar-refractivity contribution in [2.45, 2.75) is 6.54 Å². The van der Waals surface area contributed by atoms with Crippen molar-refractivity contribution in [1.29, 1.82) is 0 Å². The molecule has 90 valence electrons. The summed E-state index contributed by atoms with van der Waals surface area (Å²) in [6.07, 6.45) is 0. The van der Waals surface area contributed by atoms with E-state index < -0.39 is 17.5 Å². The van der Waals surface area contributed by atoms with E-state index >= 15 is 0 Å². The third-order valence-electron chi connectivity index (χ3n) is 2.29. The van der Waals surface area contributed by atoms with E-state index in [-0.39, 0.29) is 5.56 Å². The van der Waals surface area contributed by atoms with Gasteiger partial charge in [0.15, 0.2) is 11.6 Å². The summed E-state index contributed by atoms with van der Waals surface area (Å²) >= 11 is 1.35. The van der Waals surface area contributed by atoms with Crippen molar-refractivity contribution >= 4 is 11.3 Å². The molecule has 5 heteroatoms. The predicted molar refractivity (Wildman–Crippen MR) is 62.4 cm³/mol. The van der Waals surface area contributed by atoms with E-state index in [0.29, 0.717) is 17.5 Å². The molecule has 1 nitrogen and oxygen atoms in total. The zero-order chi connectivity index (χ0) is 12.4. The summed E-state index contributed by atoms with van der Waals surface area (Å²) in [4.78, 5) is 1.60.